The van der Waals surface area contributed by atoms with Crippen molar-refractivity contribution in [2.24, 2.45) is 0 Å². The molecule has 3 aromatic carbocycles. The van der Waals surface area contributed by atoms with Gasteiger partial charge in [0.25, 0.3) is 0 Å². The van der Waals surface area contributed by atoms with Gasteiger partial charge < -0.3 is 14.3 Å². The van der Waals surface area contributed by atoms with Gasteiger partial charge in [-0.3, -0.25) is 4.79 Å². The van der Waals surface area contributed by atoms with Crippen LogP contribution < -0.4 is 10.2 Å². The first-order valence-electron chi connectivity index (χ1n) is 10.1. The number of hydrogen-bond donors (Lipinski definition) is 1. The number of phenols is 1. The maximum atomic E-state index is 12.8. The molecule has 0 saturated carbocycles. The van der Waals surface area contributed by atoms with Gasteiger partial charge in [-0.25, -0.2) is 0 Å². The summed E-state index contributed by atoms with van der Waals surface area (Å²) in [5.74, 6) is 1.62. The monoisotopic (exact) mass is 398 g/mol. The van der Waals surface area contributed by atoms with Crippen LogP contribution in [0.25, 0.3) is 11.0 Å². The van der Waals surface area contributed by atoms with E-state index in [4.69, 9.17) is 9.15 Å². The van der Waals surface area contributed by atoms with Crippen molar-refractivity contribution in [3.63, 3.8) is 0 Å². The standard InChI is InChI=1S/C26H22O4/c1-29-19-11-9-16(10-12-19)20-13-17-5-2-3-6-18(17)14-21(20)25-15-23(28)26-22(27)7-4-8-24(26)30-25/h2-12,15,20-21,27H,13-14H2,1H3. The summed E-state index contributed by atoms with van der Waals surface area (Å²) < 4.78 is 11.5. The van der Waals surface area contributed by atoms with Crippen molar-refractivity contribution in [1.82, 2.24) is 0 Å². The average Bonchev–Trinajstić information content (AvgIpc) is 2.78. The Labute approximate surface area is 174 Å². The molecular formula is C26H22O4. The molecule has 0 saturated heterocycles. The molecule has 4 heteroatoms. The third kappa shape index (κ3) is 3.14. The Morgan fingerprint density at radius 1 is 0.900 bits per heavy atom. The van der Waals surface area contributed by atoms with Gasteiger partial charge in [0.2, 0.25) is 0 Å². The lowest BCUT2D eigenvalue weighted by Gasteiger charge is -2.33. The molecule has 1 N–H and O–H groups in total. The fourth-order valence-electron chi connectivity index (χ4n) is 4.61. The molecule has 4 aromatic rings. The topological polar surface area (TPSA) is 59.7 Å². The Balaban J connectivity index is 1.65. The van der Waals surface area contributed by atoms with Crippen LogP contribution in [0.4, 0.5) is 0 Å². The van der Waals surface area contributed by atoms with Gasteiger partial charge >= 0.3 is 0 Å². The first-order valence-corrected chi connectivity index (χ1v) is 10.1. The largest absolute Gasteiger partial charge is 0.507 e. The van der Waals surface area contributed by atoms with E-state index in [1.807, 2.05) is 12.1 Å². The lowest BCUT2D eigenvalue weighted by molar-refractivity contribution is 0.403. The summed E-state index contributed by atoms with van der Waals surface area (Å²) in [6.45, 7) is 0. The number of hydrogen-bond acceptors (Lipinski definition) is 4. The van der Waals surface area contributed by atoms with Crippen LogP contribution in [0.15, 0.2) is 82.0 Å². The molecule has 0 amide bonds. The zero-order chi connectivity index (χ0) is 20.7. The van der Waals surface area contributed by atoms with Gasteiger partial charge in [0.1, 0.15) is 28.2 Å². The van der Waals surface area contributed by atoms with E-state index in [1.54, 1.807) is 25.3 Å². The van der Waals surface area contributed by atoms with Crippen LogP contribution in [0.3, 0.4) is 0 Å². The fraction of sp³-hybridized carbons (Fsp3) is 0.192. The molecule has 30 heavy (non-hydrogen) atoms. The molecule has 1 aliphatic rings. The van der Waals surface area contributed by atoms with Crippen LogP contribution in [-0.4, -0.2) is 12.2 Å². The first kappa shape index (κ1) is 18.5. The summed E-state index contributed by atoms with van der Waals surface area (Å²) in [4.78, 5) is 12.8. The van der Waals surface area contributed by atoms with E-state index in [0.717, 1.165) is 18.6 Å². The molecule has 0 bridgehead atoms. The second-order valence-electron chi connectivity index (χ2n) is 7.83. The third-order valence-corrected chi connectivity index (χ3v) is 6.14. The van der Waals surface area contributed by atoms with E-state index < -0.39 is 0 Å². The van der Waals surface area contributed by atoms with Crippen molar-refractivity contribution in [1.29, 1.82) is 0 Å². The summed E-state index contributed by atoms with van der Waals surface area (Å²) >= 11 is 0. The van der Waals surface area contributed by atoms with Gasteiger partial charge in [-0.05, 0) is 59.7 Å². The average molecular weight is 398 g/mol. The maximum Gasteiger partial charge on any atom is 0.196 e. The molecular weight excluding hydrogens is 376 g/mol. The zero-order valence-corrected chi connectivity index (χ0v) is 16.7. The predicted octanol–water partition coefficient (Wildman–Crippen LogP) is 5.17. The molecule has 0 spiro atoms. The van der Waals surface area contributed by atoms with Crippen LogP contribution in [0.5, 0.6) is 11.5 Å². The van der Waals surface area contributed by atoms with Crippen molar-refractivity contribution < 1.29 is 14.3 Å². The number of fused-ring (bicyclic) bond motifs is 2. The van der Waals surface area contributed by atoms with Gasteiger partial charge in [-0.15, -0.1) is 0 Å². The smallest absolute Gasteiger partial charge is 0.196 e. The van der Waals surface area contributed by atoms with Crippen molar-refractivity contribution in [3.05, 3.63) is 105 Å². The number of benzene rings is 3. The van der Waals surface area contributed by atoms with E-state index in [9.17, 15) is 9.90 Å². The Kier molecular flexibility index (Phi) is 4.55. The van der Waals surface area contributed by atoms with Gasteiger partial charge in [0.05, 0.1) is 7.11 Å². The molecule has 5 rings (SSSR count). The van der Waals surface area contributed by atoms with E-state index in [1.165, 1.54) is 22.8 Å². The lowest BCUT2D eigenvalue weighted by atomic mass is 9.71. The molecule has 150 valence electrons. The minimum Gasteiger partial charge on any atom is -0.507 e. The van der Waals surface area contributed by atoms with Gasteiger partial charge in [0.15, 0.2) is 5.43 Å². The van der Waals surface area contributed by atoms with Gasteiger partial charge in [-0.1, -0.05) is 42.5 Å². The molecule has 0 radical (unpaired) electrons. The molecule has 0 fully saturated rings. The molecule has 1 aromatic heterocycles. The van der Waals surface area contributed by atoms with E-state index in [2.05, 4.69) is 36.4 Å². The Bertz CT molecular complexity index is 1270. The Morgan fingerprint density at radius 3 is 2.30 bits per heavy atom. The van der Waals surface area contributed by atoms with Crippen molar-refractivity contribution in [2.75, 3.05) is 7.11 Å². The number of ether oxygens (including phenoxy) is 1. The van der Waals surface area contributed by atoms with E-state index in [0.29, 0.717) is 11.3 Å². The van der Waals surface area contributed by atoms with Gasteiger partial charge in [-0.2, -0.15) is 0 Å². The van der Waals surface area contributed by atoms with E-state index >= 15 is 0 Å². The highest BCUT2D eigenvalue weighted by atomic mass is 16.5. The second-order valence-corrected chi connectivity index (χ2v) is 7.83. The summed E-state index contributed by atoms with van der Waals surface area (Å²) in [7, 11) is 1.66. The fourth-order valence-corrected chi connectivity index (χ4v) is 4.61. The minimum absolute atomic E-state index is 0.0211. The normalized spacial score (nSPS) is 18.2. The van der Waals surface area contributed by atoms with Crippen LogP contribution in [0.2, 0.25) is 0 Å². The van der Waals surface area contributed by atoms with Crippen LogP contribution in [0.1, 0.15) is 34.3 Å². The molecule has 4 nitrogen and oxygen atoms in total. The zero-order valence-electron chi connectivity index (χ0n) is 16.7. The van der Waals surface area contributed by atoms with E-state index in [-0.39, 0.29) is 28.4 Å². The molecule has 2 atom stereocenters. The number of phenolic OH excluding ortho intramolecular Hbond substituents is 1. The third-order valence-electron chi connectivity index (χ3n) is 6.14. The number of rotatable bonds is 3. The van der Waals surface area contributed by atoms with Crippen LogP contribution in [-0.2, 0) is 12.8 Å². The van der Waals surface area contributed by atoms with Crippen molar-refractivity contribution in [2.45, 2.75) is 24.7 Å². The van der Waals surface area contributed by atoms with Crippen LogP contribution >= 0.6 is 0 Å². The van der Waals surface area contributed by atoms with Crippen LogP contribution in [0, 0.1) is 0 Å². The number of aromatic hydroxyl groups is 1. The quantitative estimate of drug-likeness (QED) is 0.517. The molecule has 1 aliphatic carbocycles. The maximum absolute atomic E-state index is 12.8. The molecule has 1 heterocycles. The summed E-state index contributed by atoms with van der Waals surface area (Å²) in [5, 5.41) is 10.3. The minimum atomic E-state index is -0.211. The number of methoxy groups -OCH3 is 1. The molecule has 2 unspecified atom stereocenters. The predicted molar refractivity (Wildman–Crippen MR) is 116 cm³/mol. The summed E-state index contributed by atoms with van der Waals surface area (Å²) in [5.41, 5.74) is 4.01. The summed E-state index contributed by atoms with van der Waals surface area (Å²) in [6.07, 6.45) is 1.66. The highest BCUT2D eigenvalue weighted by Gasteiger charge is 2.33. The second kappa shape index (κ2) is 7.38. The van der Waals surface area contributed by atoms with Crippen molar-refractivity contribution in [3.8, 4) is 11.5 Å². The summed E-state index contributed by atoms with van der Waals surface area (Å²) in [6, 6.07) is 23.1. The molecule has 0 aliphatic heterocycles. The Hall–Kier alpha value is -3.53. The SMILES string of the molecule is COc1ccc(C2Cc3ccccc3CC2c2cc(=O)c3c(O)cccc3o2)cc1. The Morgan fingerprint density at radius 2 is 1.60 bits per heavy atom. The van der Waals surface area contributed by atoms with Gasteiger partial charge in [0, 0.05) is 12.0 Å². The van der Waals surface area contributed by atoms with Crippen molar-refractivity contribution >= 4 is 11.0 Å². The lowest BCUT2D eigenvalue weighted by Crippen LogP contribution is -2.23. The highest BCUT2D eigenvalue weighted by molar-refractivity contribution is 5.82. The first-order chi connectivity index (χ1) is 14.6. The highest BCUT2D eigenvalue weighted by Crippen LogP contribution is 2.43.